The SMILES string of the molecule is C=CCn1c(SCC(=O)Nc2cc(C)ccc2OC)nnc1[C@@H](NC(=O)c1ccccc1)C(C)C. The number of benzene rings is 2. The van der Waals surface area contributed by atoms with Crippen molar-refractivity contribution in [1.82, 2.24) is 20.1 Å². The maximum Gasteiger partial charge on any atom is 0.251 e. The fourth-order valence-corrected chi connectivity index (χ4v) is 4.27. The van der Waals surface area contributed by atoms with Crippen LogP contribution in [0.15, 0.2) is 66.3 Å². The molecule has 1 atom stereocenters. The summed E-state index contributed by atoms with van der Waals surface area (Å²) in [6.45, 7) is 10.3. The highest BCUT2D eigenvalue weighted by molar-refractivity contribution is 7.99. The van der Waals surface area contributed by atoms with Crippen molar-refractivity contribution in [2.24, 2.45) is 5.92 Å². The summed E-state index contributed by atoms with van der Waals surface area (Å²) in [6.07, 6.45) is 1.74. The highest BCUT2D eigenvalue weighted by Crippen LogP contribution is 2.28. The molecule has 2 amide bonds. The molecule has 1 heterocycles. The van der Waals surface area contributed by atoms with Gasteiger partial charge in [-0.25, -0.2) is 0 Å². The lowest BCUT2D eigenvalue weighted by molar-refractivity contribution is -0.113. The lowest BCUT2D eigenvalue weighted by atomic mass is 10.0. The van der Waals surface area contributed by atoms with E-state index < -0.39 is 0 Å². The van der Waals surface area contributed by atoms with Crippen molar-refractivity contribution in [1.29, 1.82) is 0 Å². The number of thioether (sulfide) groups is 1. The Hall–Kier alpha value is -3.59. The molecule has 2 aromatic carbocycles. The molecular formula is C26H31N5O3S. The van der Waals surface area contributed by atoms with Gasteiger partial charge in [0.05, 0.1) is 24.6 Å². The summed E-state index contributed by atoms with van der Waals surface area (Å²) in [5.74, 6) is 1.04. The van der Waals surface area contributed by atoms with Crippen LogP contribution in [-0.4, -0.2) is 39.4 Å². The van der Waals surface area contributed by atoms with E-state index in [1.807, 2.05) is 61.7 Å². The average Bonchev–Trinajstić information content (AvgIpc) is 3.24. The van der Waals surface area contributed by atoms with Crippen molar-refractivity contribution >= 4 is 29.3 Å². The Morgan fingerprint density at radius 2 is 1.91 bits per heavy atom. The van der Waals surface area contributed by atoms with Crippen LogP contribution in [0.4, 0.5) is 5.69 Å². The Morgan fingerprint density at radius 1 is 1.17 bits per heavy atom. The minimum absolute atomic E-state index is 0.0605. The molecule has 0 aliphatic heterocycles. The fraction of sp³-hybridized carbons (Fsp3) is 0.308. The van der Waals surface area contributed by atoms with Gasteiger partial charge in [-0.3, -0.25) is 9.59 Å². The molecule has 35 heavy (non-hydrogen) atoms. The Kier molecular flexibility index (Phi) is 9.08. The first-order valence-corrected chi connectivity index (χ1v) is 12.3. The number of carbonyl (C=O) groups is 2. The molecular weight excluding hydrogens is 462 g/mol. The van der Waals surface area contributed by atoms with Gasteiger partial charge in [-0.05, 0) is 42.7 Å². The van der Waals surface area contributed by atoms with E-state index in [9.17, 15) is 9.59 Å². The first-order valence-electron chi connectivity index (χ1n) is 11.3. The summed E-state index contributed by atoms with van der Waals surface area (Å²) < 4.78 is 7.22. The number of allylic oxidation sites excluding steroid dienone is 1. The lowest BCUT2D eigenvalue weighted by Crippen LogP contribution is -2.33. The average molecular weight is 494 g/mol. The number of amides is 2. The lowest BCUT2D eigenvalue weighted by Gasteiger charge is -2.22. The monoisotopic (exact) mass is 493 g/mol. The van der Waals surface area contributed by atoms with Gasteiger partial charge in [0, 0.05) is 12.1 Å². The van der Waals surface area contributed by atoms with E-state index in [-0.39, 0.29) is 29.5 Å². The predicted molar refractivity (Wildman–Crippen MR) is 139 cm³/mol. The minimum Gasteiger partial charge on any atom is -0.495 e. The molecule has 0 aliphatic rings. The second-order valence-electron chi connectivity index (χ2n) is 8.34. The van der Waals surface area contributed by atoms with Gasteiger partial charge in [0.15, 0.2) is 11.0 Å². The predicted octanol–water partition coefficient (Wildman–Crippen LogP) is 4.64. The number of anilines is 1. The van der Waals surface area contributed by atoms with Crippen LogP contribution in [0, 0.1) is 12.8 Å². The quantitative estimate of drug-likeness (QED) is 0.298. The highest BCUT2D eigenvalue weighted by Gasteiger charge is 2.26. The van der Waals surface area contributed by atoms with E-state index in [0.29, 0.717) is 34.5 Å². The van der Waals surface area contributed by atoms with E-state index >= 15 is 0 Å². The van der Waals surface area contributed by atoms with Crippen molar-refractivity contribution < 1.29 is 14.3 Å². The van der Waals surface area contributed by atoms with Crippen LogP contribution >= 0.6 is 11.8 Å². The molecule has 8 nitrogen and oxygen atoms in total. The van der Waals surface area contributed by atoms with Gasteiger partial charge in [0.1, 0.15) is 5.75 Å². The van der Waals surface area contributed by atoms with Crippen LogP contribution in [0.1, 0.15) is 41.6 Å². The summed E-state index contributed by atoms with van der Waals surface area (Å²) in [5, 5.41) is 15.2. The molecule has 0 radical (unpaired) electrons. The maximum atomic E-state index is 12.8. The Balaban J connectivity index is 1.75. The Morgan fingerprint density at radius 3 is 2.57 bits per heavy atom. The number of methoxy groups -OCH3 is 1. The van der Waals surface area contributed by atoms with Crippen LogP contribution in [0.3, 0.4) is 0 Å². The molecule has 184 valence electrons. The third-order valence-corrected chi connectivity index (χ3v) is 6.25. The third-order valence-electron chi connectivity index (χ3n) is 5.29. The Bertz CT molecular complexity index is 1180. The third kappa shape index (κ3) is 6.73. The zero-order valence-electron chi connectivity index (χ0n) is 20.4. The molecule has 1 aromatic heterocycles. The molecule has 0 unspecified atom stereocenters. The second kappa shape index (κ2) is 12.2. The van der Waals surface area contributed by atoms with Crippen molar-refractivity contribution in [2.75, 3.05) is 18.2 Å². The van der Waals surface area contributed by atoms with E-state index in [1.165, 1.54) is 11.8 Å². The number of aryl methyl sites for hydroxylation is 1. The molecule has 0 spiro atoms. The van der Waals surface area contributed by atoms with Crippen molar-refractivity contribution in [3.63, 3.8) is 0 Å². The molecule has 2 N–H and O–H groups in total. The topological polar surface area (TPSA) is 98.1 Å². The molecule has 3 aromatic rings. The largest absolute Gasteiger partial charge is 0.495 e. The number of hydrogen-bond donors (Lipinski definition) is 2. The van der Waals surface area contributed by atoms with Gasteiger partial charge in [-0.1, -0.05) is 56.0 Å². The summed E-state index contributed by atoms with van der Waals surface area (Å²) >= 11 is 1.27. The van der Waals surface area contributed by atoms with Gasteiger partial charge in [0.25, 0.3) is 5.91 Å². The van der Waals surface area contributed by atoms with E-state index in [0.717, 1.165) is 5.56 Å². The van der Waals surface area contributed by atoms with Crippen molar-refractivity contribution in [3.8, 4) is 5.75 Å². The Labute approximate surface area is 210 Å². The molecule has 3 rings (SSSR count). The van der Waals surface area contributed by atoms with Crippen molar-refractivity contribution in [3.05, 3.63) is 78.1 Å². The second-order valence-corrected chi connectivity index (χ2v) is 9.28. The zero-order valence-corrected chi connectivity index (χ0v) is 21.3. The number of nitrogens with zero attached hydrogens (tertiary/aromatic N) is 3. The van der Waals surface area contributed by atoms with E-state index in [2.05, 4.69) is 27.4 Å². The van der Waals surface area contributed by atoms with Gasteiger partial charge >= 0.3 is 0 Å². The normalized spacial score (nSPS) is 11.7. The van der Waals surface area contributed by atoms with Gasteiger partial charge in [0.2, 0.25) is 5.91 Å². The van der Waals surface area contributed by atoms with Crippen LogP contribution in [0.5, 0.6) is 5.75 Å². The summed E-state index contributed by atoms with van der Waals surface area (Å²) in [4.78, 5) is 25.5. The molecule has 0 saturated carbocycles. The van der Waals surface area contributed by atoms with Gasteiger partial charge in [-0.2, -0.15) is 0 Å². The fourth-order valence-electron chi connectivity index (χ4n) is 3.52. The van der Waals surface area contributed by atoms with Crippen LogP contribution in [0.2, 0.25) is 0 Å². The first kappa shape index (κ1) is 26.0. The van der Waals surface area contributed by atoms with Gasteiger partial charge in [-0.15, -0.1) is 16.8 Å². The summed E-state index contributed by atoms with van der Waals surface area (Å²) in [5.41, 5.74) is 2.21. The summed E-state index contributed by atoms with van der Waals surface area (Å²) in [7, 11) is 1.57. The minimum atomic E-state index is -0.366. The molecule has 0 fully saturated rings. The number of hydrogen-bond acceptors (Lipinski definition) is 6. The number of ether oxygens (including phenoxy) is 1. The zero-order chi connectivity index (χ0) is 25.4. The number of carbonyl (C=O) groups excluding carboxylic acids is 2. The number of nitrogens with one attached hydrogen (secondary N) is 2. The van der Waals surface area contributed by atoms with E-state index in [1.54, 1.807) is 25.3 Å². The smallest absolute Gasteiger partial charge is 0.251 e. The highest BCUT2D eigenvalue weighted by atomic mass is 32.2. The van der Waals surface area contributed by atoms with Crippen molar-refractivity contribution in [2.45, 2.75) is 38.5 Å². The molecule has 9 heteroatoms. The van der Waals surface area contributed by atoms with Crippen LogP contribution in [0.25, 0.3) is 0 Å². The standard InChI is InChI=1S/C26H31N5O3S/c1-6-14-31-24(23(17(2)3)28-25(33)19-10-8-7-9-11-19)29-30-26(31)35-16-22(32)27-20-15-18(4)12-13-21(20)34-5/h6-13,15,17,23H,1,14,16H2,2-5H3,(H,27,32)(H,28,33)/t23-/m0/s1. The van der Waals surface area contributed by atoms with Crippen LogP contribution in [-0.2, 0) is 11.3 Å². The number of aromatic nitrogens is 3. The molecule has 0 aliphatic carbocycles. The van der Waals surface area contributed by atoms with Crippen LogP contribution < -0.4 is 15.4 Å². The number of rotatable bonds is 11. The first-order chi connectivity index (χ1) is 16.8. The van der Waals surface area contributed by atoms with E-state index in [4.69, 9.17) is 4.74 Å². The van der Waals surface area contributed by atoms with Gasteiger partial charge < -0.3 is 19.9 Å². The summed E-state index contributed by atoms with van der Waals surface area (Å²) in [6, 6.07) is 14.3. The maximum absolute atomic E-state index is 12.8. The molecule has 0 bridgehead atoms. The molecule has 0 saturated heterocycles.